The van der Waals surface area contributed by atoms with Crippen molar-refractivity contribution in [3.05, 3.63) is 65.5 Å². The number of nitrogens with zero attached hydrogens (tertiary/aromatic N) is 3. The third-order valence-electron chi connectivity index (χ3n) is 4.51. The Hall–Kier alpha value is -2.33. The number of thiazole rings is 1. The van der Waals surface area contributed by atoms with Crippen molar-refractivity contribution >= 4 is 22.2 Å². The molecule has 0 radical (unpaired) electrons. The highest BCUT2D eigenvalue weighted by molar-refractivity contribution is 7.14. The fourth-order valence-electron chi connectivity index (χ4n) is 3.06. The lowest BCUT2D eigenvalue weighted by atomic mass is 10.2. The highest BCUT2D eigenvalue weighted by atomic mass is 32.1. The summed E-state index contributed by atoms with van der Waals surface area (Å²) < 4.78 is 0. The quantitative estimate of drug-likeness (QED) is 0.705. The minimum Gasteiger partial charge on any atom is -0.368 e. The van der Waals surface area contributed by atoms with Crippen LogP contribution in [0.4, 0.5) is 10.8 Å². The summed E-state index contributed by atoms with van der Waals surface area (Å²) in [4.78, 5) is 9.70. The molecule has 1 saturated heterocycles. The molecule has 0 N–H and O–H groups in total. The van der Waals surface area contributed by atoms with Gasteiger partial charge in [0.05, 0.1) is 5.69 Å². The monoisotopic (exact) mass is 335 g/mol. The van der Waals surface area contributed by atoms with Crippen molar-refractivity contribution in [3.8, 4) is 11.3 Å². The molecule has 4 heteroatoms. The van der Waals surface area contributed by atoms with Gasteiger partial charge in [-0.3, -0.25) is 0 Å². The summed E-state index contributed by atoms with van der Waals surface area (Å²) in [5.41, 5.74) is 4.91. The molecule has 3 aromatic rings. The fourth-order valence-corrected chi connectivity index (χ4v) is 3.95. The first-order valence-electron chi connectivity index (χ1n) is 8.37. The highest BCUT2D eigenvalue weighted by Gasteiger charge is 2.19. The molecular formula is C20H21N3S. The number of piperazine rings is 1. The van der Waals surface area contributed by atoms with E-state index in [1.54, 1.807) is 11.3 Å². The topological polar surface area (TPSA) is 19.4 Å². The smallest absolute Gasteiger partial charge is 0.185 e. The first kappa shape index (κ1) is 15.2. The third kappa shape index (κ3) is 3.15. The predicted octanol–water partition coefficient (Wildman–Crippen LogP) is 4.45. The number of anilines is 2. The lowest BCUT2D eigenvalue weighted by Crippen LogP contribution is -2.46. The first-order chi connectivity index (χ1) is 11.8. The van der Waals surface area contributed by atoms with E-state index in [-0.39, 0.29) is 0 Å². The predicted molar refractivity (Wildman–Crippen MR) is 103 cm³/mol. The molecule has 1 aliphatic rings. The summed E-state index contributed by atoms with van der Waals surface area (Å²) in [6.45, 7) is 6.27. The molecule has 0 aliphatic carbocycles. The van der Waals surface area contributed by atoms with Crippen molar-refractivity contribution in [3.63, 3.8) is 0 Å². The van der Waals surface area contributed by atoms with Crippen molar-refractivity contribution in [2.45, 2.75) is 6.92 Å². The minimum atomic E-state index is 1.02. The molecule has 0 unspecified atom stereocenters. The summed E-state index contributed by atoms with van der Waals surface area (Å²) in [5, 5.41) is 3.30. The van der Waals surface area contributed by atoms with Crippen LogP contribution in [0.5, 0.6) is 0 Å². The zero-order valence-electron chi connectivity index (χ0n) is 13.9. The Kier molecular flexibility index (Phi) is 4.22. The molecule has 0 atom stereocenters. The van der Waals surface area contributed by atoms with Gasteiger partial charge in [-0.05, 0) is 19.1 Å². The number of aryl methyl sites for hydroxylation is 1. The van der Waals surface area contributed by atoms with Gasteiger partial charge in [0.2, 0.25) is 0 Å². The Bertz CT molecular complexity index is 787. The number of benzene rings is 2. The summed E-state index contributed by atoms with van der Waals surface area (Å²) in [6.07, 6.45) is 0. The molecule has 0 amide bonds. The van der Waals surface area contributed by atoms with Crippen LogP contribution < -0.4 is 9.80 Å². The van der Waals surface area contributed by atoms with E-state index < -0.39 is 0 Å². The average molecular weight is 335 g/mol. The van der Waals surface area contributed by atoms with Gasteiger partial charge < -0.3 is 9.80 Å². The molecule has 2 heterocycles. The normalized spacial score (nSPS) is 14.9. The van der Waals surface area contributed by atoms with E-state index in [1.165, 1.54) is 16.8 Å². The van der Waals surface area contributed by atoms with Gasteiger partial charge in [0.15, 0.2) is 5.13 Å². The van der Waals surface area contributed by atoms with E-state index in [0.717, 1.165) is 37.0 Å². The van der Waals surface area contributed by atoms with Crippen LogP contribution in [-0.2, 0) is 0 Å². The Morgan fingerprint density at radius 2 is 1.50 bits per heavy atom. The second kappa shape index (κ2) is 6.65. The van der Waals surface area contributed by atoms with Crippen LogP contribution in [0.25, 0.3) is 11.3 Å². The van der Waals surface area contributed by atoms with E-state index in [9.17, 15) is 0 Å². The van der Waals surface area contributed by atoms with Crippen molar-refractivity contribution in [2.75, 3.05) is 36.0 Å². The van der Waals surface area contributed by atoms with E-state index in [4.69, 9.17) is 4.98 Å². The number of hydrogen-bond acceptors (Lipinski definition) is 4. The number of rotatable bonds is 3. The largest absolute Gasteiger partial charge is 0.368 e. The van der Waals surface area contributed by atoms with E-state index in [2.05, 4.69) is 70.6 Å². The third-order valence-corrected chi connectivity index (χ3v) is 5.41. The Labute approximate surface area is 147 Å². The summed E-state index contributed by atoms with van der Waals surface area (Å²) in [6, 6.07) is 19.2. The van der Waals surface area contributed by atoms with E-state index in [1.807, 2.05) is 6.07 Å². The SMILES string of the molecule is Cc1ccc(N2CCN(c3nc(-c4ccccc4)cs3)CC2)cc1. The molecule has 1 aromatic heterocycles. The van der Waals surface area contributed by atoms with Crippen LogP contribution in [0, 0.1) is 6.92 Å². The molecule has 1 fully saturated rings. The van der Waals surface area contributed by atoms with Crippen LogP contribution in [0.1, 0.15) is 5.56 Å². The lowest BCUT2D eigenvalue weighted by Gasteiger charge is -2.36. The van der Waals surface area contributed by atoms with Gasteiger partial charge >= 0.3 is 0 Å². The van der Waals surface area contributed by atoms with Gasteiger partial charge in [-0.1, -0.05) is 48.0 Å². The van der Waals surface area contributed by atoms with Crippen molar-refractivity contribution in [1.82, 2.24) is 4.98 Å². The molecule has 2 aromatic carbocycles. The summed E-state index contributed by atoms with van der Waals surface area (Å²) >= 11 is 1.75. The minimum absolute atomic E-state index is 1.02. The van der Waals surface area contributed by atoms with Crippen molar-refractivity contribution in [1.29, 1.82) is 0 Å². The Morgan fingerprint density at radius 3 is 2.21 bits per heavy atom. The molecule has 3 nitrogen and oxygen atoms in total. The zero-order valence-corrected chi connectivity index (χ0v) is 14.7. The van der Waals surface area contributed by atoms with Crippen LogP contribution in [0.15, 0.2) is 60.0 Å². The standard InChI is InChI=1S/C20H21N3S/c1-16-7-9-18(10-8-16)22-11-13-23(14-12-22)20-21-19(15-24-20)17-5-3-2-4-6-17/h2-10,15H,11-14H2,1H3. The maximum Gasteiger partial charge on any atom is 0.185 e. The van der Waals surface area contributed by atoms with E-state index >= 15 is 0 Å². The molecular weight excluding hydrogens is 314 g/mol. The van der Waals surface area contributed by atoms with Gasteiger partial charge in [-0.15, -0.1) is 11.3 Å². The van der Waals surface area contributed by atoms with Crippen LogP contribution >= 0.6 is 11.3 Å². The van der Waals surface area contributed by atoms with Gasteiger partial charge in [-0.25, -0.2) is 4.98 Å². The van der Waals surface area contributed by atoms with Gasteiger partial charge in [0.1, 0.15) is 0 Å². The summed E-state index contributed by atoms with van der Waals surface area (Å²) in [7, 11) is 0. The number of hydrogen-bond donors (Lipinski definition) is 0. The Morgan fingerprint density at radius 1 is 0.833 bits per heavy atom. The van der Waals surface area contributed by atoms with E-state index in [0.29, 0.717) is 0 Å². The molecule has 4 rings (SSSR count). The summed E-state index contributed by atoms with van der Waals surface area (Å²) in [5.74, 6) is 0. The average Bonchev–Trinajstić information content (AvgIpc) is 3.13. The highest BCUT2D eigenvalue weighted by Crippen LogP contribution is 2.28. The van der Waals surface area contributed by atoms with Crippen LogP contribution in [-0.4, -0.2) is 31.2 Å². The molecule has 122 valence electrons. The number of aromatic nitrogens is 1. The van der Waals surface area contributed by atoms with Crippen LogP contribution in [0.3, 0.4) is 0 Å². The van der Waals surface area contributed by atoms with Crippen LogP contribution in [0.2, 0.25) is 0 Å². The maximum atomic E-state index is 4.84. The zero-order chi connectivity index (χ0) is 16.4. The second-order valence-corrected chi connectivity index (χ2v) is 7.03. The maximum absolute atomic E-state index is 4.84. The molecule has 0 bridgehead atoms. The molecule has 24 heavy (non-hydrogen) atoms. The van der Waals surface area contributed by atoms with Gasteiger partial charge in [-0.2, -0.15) is 0 Å². The molecule has 1 aliphatic heterocycles. The van der Waals surface area contributed by atoms with Gasteiger partial charge in [0, 0.05) is 42.8 Å². The fraction of sp³-hybridized carbons (Fsp3) is 0.250. The van der Waals surface area contributed by atoms with Crippen molar-refractivity contribution < 1.29 is 0 Å². The first-order valence-corrected chi connectivity index (χ1v) is 9.25. The lowest BCUT2D eigenvalue weighted by molar-refractivity contribution is 0.652. The van der Waals surface area contributed by atoms with Gasteiger partial charge in [0.25, 0.3) is 0 Å². The van der Waals surface area contributed by atoms with Crippen molar-refractivity contribution in [2.24, 2.45) is 0 Å². The molecule has 0 saturated carbocycles. The Balaban J connectivity index is 1.43. The second-order valence-electron chi connectivity index (χ2n) is 6.19. The molecule has 0 spiro atoms.